The molecule has 2 rings (SSSR count). The van der Waals surface area contributed by atoms with E-state index in [4.69, 9.17) is 11.6 Å². The van der Waals surface area contributed by atoms with Crippen molar-refractivity contribution in [2.24, 2.45) is 0 Å². The van der Waals surface area contributed by atoms with Crippen molar-refractivity contribution in [1.82, 2.24) is 9.97 Å². The van der Waals surface area contributed by atoms with Crippen molar-refractivity contribution in [1.29, 1.82) is 0 Å². The van der Waals surface area contributed by atoms with Crippen molar-refractivity contribution in [2.75, 3.05) is 17.2 Å². The van der Waals surface area contributed by atoms with Gasteiger partial charge in [-0.2, -0.15) is 0 Å². The lowest BCUT2D eigenvalue weighted by Gasteiger charge is -2.24. The molecule has 0 spiro atoms. The van der Waals surface area contributed by atoms with Gasteiger partial charge in [-0.25, -0.2) is 9.97 Å². The minimum absolute atomic E-state index is 0.378. The number of hydrogen-bond acceptors (Lipinski definition) is 4. The van der Waals surface area contributed by atoms with Crippen LogP contribution in [0.3, 0.4) is 0 Å². The number of fused-ring (bicyclic) bond motifs is 1. The van der Waals surface area contributed by atoms with E-state index in [0.29, 0.717) is 11.2 Å². The molecule has 0 bridgehead atoms. The van der Waals surface area contributed by atoms with Gasteiger partial charge in [-0.3, -0.25) is 0 Å². The van der Waals surface area contributed by atoms with E-state index in [1.165, 1.54) is 6.33 Å². The third-order valence-electron chi connectivity index (χ3n) is 1.77. The summed E-state index contributed by atoms with van der Waals surface area (Å²) in [7, 11) is 0. The SMILES string of the molecule is C[C@H]1CNc2c(Cl)ncnc2N1. The highest BCUT2D eigenvalue weighted by Gasteiger charge is 2.16. The molecule has 5 heteroatoms. The lowest BCUT2D eigenvalue weighted by atomic mass is 10.2. The Labute approximate surface area is 75.4 Å². The first kappa shape index (κ1) is 7.61. The molecule has 2 heterocycles. The van der Waals surface area contributed by atoms with E-state index < -0.39 is 0 Å². The molecule has 0 aliphatic carbocycles. The monoisotopic (exact) mass is 184 g/mol. The first-order valence-electron chi connectivity index (χ1n) is 3.78. The van der Waals surface area contributed by atoms with E-state index in [1.807, 2.05) is 0 Å². The number of halogens is 1. The van der Waals surface area contributed by atoms with Crippen molar-refractivity contribution >= 4 is 23.1 Å². The highest BCUT2D eigenvalue weighted by molar-refractivity contribution is 6.32. The van der Waals surface area contributed by atoms with Crippen LogP contribution in [0.5, 0.6) is 0 Å². The van der Waals surface area contributed by atoms with Crippen LogP contribution in [-0.4, -0.2) is 22.6 Å². The number of hydrogen-bond donors (Lipinski definition) is 2. The number of anilines is 2. The van der Waals surface area contributed by atoms with Crippen molar-refractivity contribution in [3.8, 4) is 0 Å². The summed E-state index contributed by atoms with van der Waals surface area (Å²) in [5.74, 6) is 0.786. The van der Waals surface area contributed by atoms with Crippen LogP contribution in [0.1, 0.15) is 6.92 Å². The van der Waals surface area contributed by atoms with Crippen molar-refractivity contribution in [3.05, 3.63) is 11.5 Å². The highest BCUT2D eigenvalue weighted by atomic mass is 35.5. The van der Waals surface area contributed by atoms with E-state index in [0.717, 1.165) is 18.1 Å². The molecular formula is C7H9ClN4. The zero-order valence-electron chi connectivity index (χ0n) is 6.63. The van der Waals surface area contributed by atoms with Crippen LogP contribution in [0.4, 0.5) is 11.5 Å². The molecular weight excluding hydrogens is 176 g/mol. The van der Waals surface area contributed by atoms with E-state index in [1.54, 1.807) is 0 Å². The fourth-order valence-electron chi connectivity index (χ4n) is 1.17. The van der Waals surface area contributed by atoms with Crippen LogP contribution in [-0.2, 0) is 0 Å². The Morgan fingerprint density at radius 3 is 3.25 bits per heavy atom. The molecule has 0 saturated heterocycles. The molecule has 1 atom stereocenters. The van der Waals surface area contributed by atoms with Gasteiger partial charge >= 0.3 is 0 Å². The van der Waals surface area contributed by atoms with Gasteiger partial charge in [-0.05, 0) is 6.92 Å². The summed E-state index contributed by atoms with van der Waals surface area (Å²) in [6, 6.07) is 0.378. The maximum Gasteiger partial charge on any atom is 0.157 e. The van der Waals surface area contributed by atoms with Crippen molar-refractivity contribution < 1.29 is 0 Å². The summed E-state index contributed by atoms with van der Waals surface area (Å²) in [4.78, 5) is 7.93. The Balaban J connectivity index is 2.42. The molecule has 2 N–H and O–H groups in total. The minimum Gasteiger partial charge on any atom is -0.377 e. The average molecular weight is 185 g/mol. The van der Waals surface area contributed by atoms with Crippen molar-refractivity contribution in [2.45, 2.75) is 13.0 Å². The van der Waals surface area contributed by atoms with Crippen molar-refractivity contribution in [3.63, 3.8) is 0 Å². The largest absolute Gasteiger partial charge is 0.377 e. The Hall–Kier alpha value is -1.03. The Morgan fingerprint density at radius 2 is 2.42 bits per heavy atom. The summed E-state index contributed by atoms with van der Waals surface area (Å²) in [5.41, 5.74) is 0.803. The first-order chi connectivity index (χ1) is 5.77. The fourth-order valence-corrected chi connectivity index (χ4v) is 1.37. The standard InChI is InChI=1S/C7H9ClN4/c1-4-2-9-5-6(8)10-3-11-7(5)12-4/h3-4,9H,2H2,1H3,(H,10,11,12)/t4-/m0/s1. The van der Waals surface area contributed by atoms with Crippen LogP contribution in [0.2, 0.25) is 5.15 Å². The van der Waals surface area contributed by atoms with Crippen LogP contribution in [0.25, 0.3) is 0 Å². The number of nitrogens with zero attached hydrogens (tertiary/aromatic N) is 2. The maximum atomic E-state index is 5.84. The predicted molar refractivity (Wildman–Crippen MR) is 48.6 cm³/mol. The molecule has 0 amide bonds. The molecule has 0 radical (unpaired) electrons. The molecule has 0 fully saturated rings. The second-order valence-corrected chi connectivity index (χ2v) is 3.17. The van der Waals surface area contributed by atoms with Gasteiger partial charge in [0.1, 0.15) is 12.0 Å². The third-order valence-corrected chi connectivity index (χ3v) is 2.06. The summed E-state index contributed by atoms with van der Waals surface area (Å²) in [5, 5.41) is 6.84. The Bertz CT molecular complexity index is 301. The fraction of sp³-hybridized carbons (Fsp3) is 0.429. The summed E-state index contributed by atoms with van der Waals surface area (Å²) >= 11 is 5.84. The van der Waals surface area contributed by atoms with E-state index in [-0.39, 0.29) is 0 Å². The molecule has 1 aliphatic rings. The predicted octanol–water partition coefficient (Wildman–Crippen LogP) is 1.36. The molecule has 1 aromatic rings. The molecule has 12 heavy (non-hydrogen) atoms. The van der Waals surface area contributed by atoms with Crippen LogP contribution < -0.4 is 10.6 Å². The molecule has 1 aliphatic heterocycles. The van der Waals surface area contributed by atoms with Gasteiger partial charge in [0.2, 0.25) is 0 Å². The van der Waals surface area contributed by atoms with Crippen LogP contribution in [0, 0.1) is 0 Å². The topological polar surface area (TPSA) is 49.8 Å². The van der Waals surface area contributed by atoms with E-state index >= 15 is 0 Å². The molecule has 64 valence electrons. The quantitative estimate of drug-likeness (QED) is 0.598. The Kier molecular flexibility index (Phi) is 1.77. The number of rotatable bonds is 0. The first-order valence-corrected chi connectivity index (χ1v) is 4.16. The van der Waals surface area contributed by atoms with E-state index in [2.05, 4.69) is 27.5 Å². The lowest BCUT2D eigenvalue weighted by Crippen LogP contribution is -2.31. The second-order valence-electron chi connectivity index (χ2n) is 2.81. The van der Waals surface area contributed by atoms with Gasteiger partial charge in [0.15, 0.2) is 11.0 Å². The maximum absolute atomic E-state index is 5.84. The lowest BCUT2D eigenvalue weighted by molar-refractivity contribution is 0.804. The van der Waals surface area contributed by atoms with Gasteiger partial charge in [-0.1, -0.05) is 11.6 Å². The molecule has 0 aromatic carbocycles. The highest BCUT2D eigenvalue weighted by Crippen LogP contribution is 2.28. The third kappa shape index (κ3) is 1.18. The second kappa shape index (κ2) is 2.79. The van der Waals surface area contributed by atoms with Gasteiger partial charge < -0.3 is 10.6 Å². The summed E-state index contributed by atoms with van der Waals surface area (Å²) in [6.45, 7) is 2.92. The number of nitrogens with one attached hydrogen (secondary N) is 2. The average Bonchev–Trinajstić information content (AvgIpc) is 2.04. The van der Waals surface area contributed by atoms with E-state index in [9.17, 15) is 0 Å². The summed E-state index contributed by atoms with van der Waals surface area (Å²) in [6.07, 6.45) is 1.45. The zero-order chi connectivity index (χ0) is 8.55. The molecule has 4 nitrogen and oxygen atoms in total. The summed E-state index contributed by atoms with van der Waals surface area (Å²) < 4.78 is 0. The van der Waals surface area contributed by atoms with Gasteiger partial charge in [0.25, 0.3) is 0 Å². The van der Waals surface area contributed by atoms with Gasteiger partial charge in [0, 0.05) is 12.6 Å². The van der Waals surface area contributed by atoms with Crippen LogP contribution >= 0.6 is 11.6 Å². The molecule has 0 unspecified atom stereocenters. The van der Waals surface area contributed by atoms with Gasteiger partial charge in [0.05, 0.1) is 0 Å². The molecule has 0 saturated carbocycles. The Morgan fingerprint density at radius 1 is 1.58 bits per heavy atom. The zero-order valence-corrected chi connectivity index (χ0v) is 7.39. The number of aromatic nitrogens is 2. The smallest absolute Gasteiger partial charge is 0.157 e. The normalized spacial score (nSPS) is 20.7. The minimum atomic E-state index is 0.378. The molecule has 1 aromatic heterocycles. The van der Waals surface area contributed by atoms with Gasteiger partial charge in [-0.15, -0.1) is 0 Å². The van der Waals surface area contributed by atoms with Crippen LogP contribution in [0.15, 0.2) is 6.33 Å².